The molecule has 84 valence electrons. The van der Waals surface area contributed by atoms with Crippen molar-refractivity contribution >= 4 is 42.3 Å². The van der Waals surface area contributed by atoms with Gasteiger partial charge >= 0.3 is 0 Å². The molecule has 0 spiro atoms. The van der Waals surface area contributed by atoms with Crippen LogP contribution in [0.5, 0.6) is 0 Å². The predicted octanol–water partition coefficient (Wildman–Crippen LogP) is 1.84. The predicted molar refractivity (Wildman–Crippen MR) is 57.8 cm³/mol. The zero-order valence-electron chi connectivity index (χ0n) is 6.80. The number of alkyl halides is 2. The molecule has 0 unspecified atom stereocenters. The van der Waals surface area contributed by atoms with Crippen LogP contribution in [-0.2, 0) is 9.05 Å². The second-order valence-electron chi connectivity index (χ2n) is 2.47. The van der Waals surface area contributed by atoms with Gasteiger partial charge in [-0.25, -0.2) is 17.2 Å². The number of H-pyrrole nitrogens is 1. The maximum absolute atomic E-state index is 12.4. The van der Waals surface area contributed by atoms with Crippen molar-refractivity contribution < 1.29 is 17.2 Å². The van der Waals surface area contributed by atoms with Crippen molar-refractivity contribution in [2.45, 2.75) is 11.5 Å². The molecule has 0 fully saturated rings. The molecule has 0 aromatic carbocycles. The van der Waals surface area contributed by atoms with Crippen LogP contribution in [0.4, 0.5) is 8.78 Å². The fourth-order valence-electron chi connectivity index (χ4n) is 0.865. The number of hydrogen-bond acceptors (Lipinski definition) is 3. The fraction of sp³-hybridized carbons (Fsp3) is 0.167. The largest absolute Gasteiger partial charge is 0.311 e. The number of halogens is 4. The Morgan fingerprint density at radius 3 is 2.40 bits per heavy atom. The minimum absolute atomic E-state index is 0.280. The van der Waals surface area contributed by atoms with Crippen molar-refractivity contribution in [2.75, 3.05) is 0 Å². The summed E-state index contributed by atoms with van der Waals surface area (Å²) in [5.41, 5.74) is -1.59. The van der Waals surface area contributed by atoms with Crippen LogP contribution in [0.25, 0.3) is 0 Å². The molecule has 9 heteroatoms. The summed E-state index contributed by atoms with van der Waals surface area (Å²) in [6.45, 7) is 0. The van der Waals surface area contributed by atoms with Gasteiger partial charge < -0.3 is 4.98 Å². The fourth-order valence-corrected chi connectivity index (χ4v) is 3.55. The Bertz CT molecular complexity index is 542. The van der Waals surface area contributed by atoms with Gasteiger partial charge in [-0.3, -0.25) is 4.79 Å². The lowest BCUT2D eigenvalue weighted by atomic mass is 10.3. The summed E-state index contributed by atoms with van der Waals surface area (Å²) in [5, 5.41) is -0.701. The number of rotatable bonds is 2. The van der Waals surface area contributed by atoms with Crippen molar-refractivity contribution in [1.82, 2.24) is 4.98 Å². The molecular weight excluding hydrogens is 366 g/mol. The smallest absolute Gasteiger partial charge is 0.277 e. The summed E-state index contributed by atoms with van der Waals surface area (Å²) in [7, 11) is 0.729. The number of aromatic amines is 1. The topological polar surface area (TPSA) is 67.0 Å². The van der Waals surface area contributed by atoms with Gasteiger partial charge in [-0.2, -0.15) is 0 Å². The number of aromatic nitrogens is 1. The van der Waals surface area contributed by atoms with E-state index in [9.17, 15) is 22.0 Å². The Balaban J connectivity index is 3.64. The molecule has 0 atom stereocenters. The molecule has 1 rings (SSSR count). The third-order valence-corrected chi connectivity index (χ3v) is 4.24. The molecule has 0 bridgehead atoms. The summed E-state index contributed by atoms with van der Waals surface area (Å²) >= 11 is 1.38. The van der Waals surface area contributed by atoms with Gasteiger partial charge in [0, 0.05) is 22.3 Å². The number of hydrogen-bond donors (Lipinski definition) is 1. The Kier molecular flexibility index (Phi) is 3.71. The van der Waals surface area contributed by atoms with E-state index in [2.05, 4.69) is 0 Å². The van der Waals surface area contributed by atoms with Crippen LogP contribution >= 0.6 is 33.3 Å². The van der Waals surface area contributed by atoms with E-state index in [4.69, 9.17) is 10.7 Å². The molecule has 0 aliphatic rings. The Labute approximate surface area is 101 Å². The highest BCUT2D eigenvalue weighted by Gasteiger charge is 2.22. The Morgan fingerprint density at radius 1 is 1.47 bits per heavy atom. The van der Waals surface area contributed by atoms with Crippen LogP contribution in [0.15, 0.2) is 15.9 Å². The molecule has 0 aliphatic carbocycles. The van der Waals surface area contributed by atoms with Gasteiger partial charge in [0.25, 0.3) is 15.5 Å². The lowest BCUT2D eigenvalue weighted by Crippen LogP contribution is -2.14. The summed E-state index contributed by atoms with van der Waals surface area (Å²) in [6.07, 6.45) is -2.93. The van der Waals surface area contributed by atoms with E-state index in [1.165, 1.54) is 22.6 Å². The first-order valence-corrected chi connectivity index (χ1v) is 6.78. The normalized spacial score (nSPS) is 12.1. The molecule has 0 aliphatic heterocycles. The summed E-state index contributed by atoms with van der Waals surface area (Å²) in [5.74, 6) is 0. The molecule has 0 amide bonds. The molecular formula is C6H3ClF2INO3S. The first-order valence-electron chi connectivity index (χ1n) is 3.39. The van der Waals surface area contributed by atoms with Crippen molar-refractivity contribution in [3.8, 4) is 0 Å². The highest BCUT2D eigenvalue weighted by Crippen LogP contribution is 2.27. The van der Waals surface area contributed by atoms with Gasteiger partial charge in [0.1, 0.15) is 0 Å². The average molecular weight is 370 g/mol. The summed E-state index contributed by atoms with van der Waals surface area (Å²) in [4.78, 5) is 12.8. The van der Waals surface area contributed by atoms with Crippen molar-refractivity contribution in [2.24, 2.45) is 0 Å². The maximum atomic E-state index is 12.4. The minimum atomic E-state index is -4.24. The zero-order chi connectivity index (χ0) is 11.8. The maximum Gasteiger partial charge on any atom is 0.277 e. The van der Waals surface area contributed by atoms with E-state index in [-0.39, 0.29) is 3.57 Å². The van der Waals surface area contributed by atoms with Crippen LogP contribution in [0.3, 0.4) is 0 Å². The summed E-state index contributed by atoms with van der Waals surface area (Å²) < 4.78 is 46.3. The lowest BCUT2D eigenvalue weighted by molar-refractivity contribution is 0.149. The van der Waals surface area contributed by atoms with Gasteiger partial charge in [-0.05, 0) is 22.6 Å². The van der Waals surface area contributed by atoms with Crippen molar-refractivity contribution in [3.05, 3.63) is 25.6 Å². The lowest BCUT2D eigenvalue weighted by Gasteiger charge is -2.05. The van der Waals surface area contributed by atoms with E-state index < -0.39 is 31.6 Å². The van der Waals surface area contributed by atoms with E-state index in [1.807, 2.05) is 4.98 Å². The highest BCUT2D eigenvalue weighted by molar-refractivity contribution is 14.1. The average Bonchev–Trinajstić information content (AvgIpc) is 2.06. The number of nitrogens with one attached hydrogen (secondary N) is 1. The van der Waals surface area contributed by atoms with Gasteiger partial charge in [0.2, 0.25) is 5.56 Å². The van der Waals surface area contributed by atoms with Crippen LogP contribution in [0, 0.1) is 3.57 Å². The van der Waals surface area contributed by atoms with Crippen LogP contribution < -0.4 is 5.56 Å². The minimum Gasteiger partial charge on any atom is -0.311 e. The quantitative estimate of drug-likeness (QED) is 0.639. The molecule has 4 nitrogen and oxygen atoms in total. The second-order valence-corrected chi connectivity index (χ2v) is 6.05. The third kappa shape index (κ3) is 2.88. The second kappa shape index (κ2) is 4.34. The first kappa shape index (κ1) is 12.8. The number of pyridine rings is 1. The van der Waals surface area contributed by atoms with Crippen molar-refractivity contribution in [3.63, 3.8) is 0 Å². The van der Waals surface area contributed by atoms with Gasteiger partial charge in [-0.1, -0.05) is 0 Å². The molecule has 15 heavy (non-hydrogen) atoms. The first-order chi connectivity index (χ1) is 6.73. The Morgan fingerprint density at radius 2 is 2.00 bits per heavy atom. The highest BCUT2D eigenvalue weighted by atomic mass is 127. The van der Waals surface area contributed by atoms with E-state index >= 15 is 0 Å². The Hall–Kier alpha value is -0.220. The molecule has 1 aromatic rings. The monoisotopic (exact) mass is 369 g/mol. The van der Waals surface area contributed by atoms with E-state index in [1.54, 1.807) is 0 Å². The van der Waals surface area contributed by atoms with Crippen LogP contribution in [0.2, 0.25) is 0 Å². The van der Waals surface area contributed by atoms with Crippen LogP contribution in [0.1, 0.15) is 12.0 Å². The third-order valence-electron chi connectivity index (χ3n) is 1.46. The molecule has 1 aromatic heterocycles. The van der Waals surface area contributed by atoms with Gasteiger partial charge in [-0.15, -0.1) is 0 Å². The molecule has 0 saturated heterocycles. The van der Waals surface area contributed by atoms with Gasteiger partial charge in [0.05, 0.1) is 3.57 Å². The van der Waals surface area contributed by atoms with Crippen LogP contribution in [-0.4, -0.2) is 13.4 Å². The van der Waals surface area contributed by atoms with Gasteiger partial charge in [0.15, 0.2) is 5.03 Å². The summed E-state index contributed by atoms with van der Waals surface area (Å²) in [6, 6.07) is 0.637. The molecule has 1 N–H and O–H groups in total. The van der Waals surface area contributed by atoms with Crippen molar-refractivity contribution in [1.29, 1.82) is 0 Å². The zero-order valence-corrected chi connectivity index (χ0v) is 10.5. The van der Waals surface area contributed by atoms with E-state index in [0.29, 0.717) is 6.07 Å². The van der Waals surface area contributed by atoms with E-state index in [0.717, 1.165) is 0 Å². The molecule has 1 heterocycles. The molecule has 0 radical (unpaired) electrons. The standard InChI is InChI=1S/C6H3ClF2INO3S/c7-15(13,14)6-4(10)2(5(8)9)1-3(12)11-6/h1,5H,(H,11,12). The molecule has 0 saturated carbocycles. The SMILES string of the molecule is O=c1cc(C(F)F)c(I)c(S(=O)(=O)Cl)[nH]1.